The summed E-state index contributed by atoms with van der Waals surface area (Å²) in [5.41, 5.74) is -0.217. The van der Waals surface area contributed by atoms with Crippen LogP contribution in [0.4, 0.5) is 0 Å². The largest absolute Gasteiger partial charge is 0.373 e. The molecule has 0 aromatic rings. The lowest BCUT2D eigenvalue weighted by molar-refractivity contribution is -0.116. The third-order valence-electron chi connectivity index (χ3n) is 1.97. The second-order valence-electron chi connectivity index (χ2n) is 6.60. The molecule has 0 aliphatic heterocycles. The zero-order valence-electron chi connectivity index (χ0n) is 12.8. The van der Waals surface area contributed by atoms with Gasteiger partial charge < -0.3 is 14.2 Å². The summed E-state index contributed by atoms with van der Waals surface area (Å²) in [6, 6.07) is 0. The third-order valence-corrected chi connectivity index (χ3v) is 1.97. The van der Waals surface area contributed by atoms with E-state index in [0.717, 1.165) is 0 Å². The van der Waals surface area contributed by atoms with Crippen molar-refractivity contribution in [3.05, 3.63) is 0 Å². The van der Waals surface area contributed by atoms with E-state index < -0.39 is 0 Å². The molecule has 0 bridgehead atoms. The van der Waals surface area contributed by atoms with Crippen molar-refractivity contribution >= 4 is 0 Å². The van der Waals surface area contributed by atoms with Gasteiger partial charge in [-0.05, 0) is 55.4 Å². The zero-order chi connectivity index (χ0) is 13.7. The van der Waals surface area contributed by atoms with E-state index in [-0.39, 0.29) is 23.4 Å². The highest BCUT2D eigenvalue weighted by Crippen LogP contribution is 2.11. The van der Waals surface area contributed by atoms with Crippen molar-refractivity contribution in [2.75, 3.05) is 13.2 Å². The number of hydrogen-bond acceptors (Lipinski definition) is 3. The van der Waals surface area contributed by atoms with Crippen LogP contribution in [0.1, 0.15) is 55.4 Å². The Balaban J connectivity index is 3.77. The minimum absolute atomic E-state index is 0.0905. The van der Waals surface area contributed by atoms with Gasteiger partial charge in [0, 0.05) is 0 Å². The predicted octanol–water partition coefficient (Wildman–Crippen LogP) is 3.41. The Hall–Kier alpha value is -0.120. The van der Waals surface area contributed by atoms with Gasteiger partial charge in [0.25, 0.3) is 0 Å². The molecule has 2 unspecified atom stereocenters. The van der Waals surface area contributed by atoms with Gasteiger partial charge in [0.05, 0.1) is 36.6 Å². The predicted molar refractivity (Wildman–Crippen MR) is 71.4 cm³/mol. The van der Waals surface area contributed by atoms with Crippen LogP contribution in [0, 0.1) is 0 Å². The van der Waals surface area contributed by atoms with Crippen molar-refractivity contribution in [1.82, 2.24) is 0 Å². The molecule has 2 atom stereocenters. The Morgan fingerprint density at radius 3 is 1.24 bits per heavy atom. The Morgan fingerprint density at radius 1 is 0.706 bits per heavy atom. The molecule has 0 N–H and O–H groups in total. The van der Waals surface area contributed by atoms with Crippen molar-refractivity contribution in [2.45, 2.75) is 78.8 Å². The average molecular weight is 246 g/mol. The Bertz CT molecular complexity index is 178. The van der Waals surface area contributed by atoms with Crippen LogP contribution < -0.4 is 0 Å². The normalized spacial score (nSPS) is 16.9. The summed E-state index contributed by atoms with van der Waals surface area (Å²) in [6.45, 7) is 17.6. The zero-order valence-corrected chi connectivity index (χ0v) is 12.8. The van der Waals surface area contributed by atoms with Crippen molar-refractivity contribution in [2.24, 2.45) is 0 Å². The van der Waals surface area contributed by atoms with Crippen LogP contribution in [-0.4, -0.2) is 36.6 Å². The van der Waals surface area contributed by atoms with Gasteiger partial charge in [0.2, 0.25) is 0 Å². The van der Waals surface area contributed by atoms with Gasteiger partial charge in [-0.25, -0.2) is 0 Å². The first kappa shape index (κ1) is 16.9. The highest BCUT2D eigenvalue weighted by molar-refractivity contribution is 4.63. The van der Waals surface area contributed by atoms with E-state index in [4.69, 9.17) is 14.2 Å². The van der Waals surface area contributed by atoms with Gasteiger partial charge in [-0.3, -0.25) is 0 Å². The molecule has 3 nitrogen and oxygen atoms in total. The minimum Gasteiger partial charge on any atom is -0.373 e. The maximum absolute atomic E-state index is 5.79. The molecule has 0 rings (SSSR count). The molecule has 0 saturated heterocycles. The third kappa shape index (κ3) is 12.1. The highest BCUT2D eigenvalue weighted by atomic mass is 16.6. The van der Waals surface area contributed by atoms with Crippen molar-refractivity contribution < 1.29 is 14.2 Å². The first-order chi connectivity index (χ1) is 7.49. The quantitative estimate of drug-likeness (QED) is 0.719. The van der Waals surface area contributed by atoms with Crippen LogP contribution in [0.25, 0.3) is 0 Å². The molecule has 0 aromatic carbocycles. The molecule has 0 heterocycles. The summed E-state index contributed by atoms with van der Waals surface area (Å²) in [5.74, 6) is 0. The van der Waals surface area contributed by atoms with Crippen molar-refractivity contribution in [3.8, 4) is 0 Å². The molecule has 0 aliphatic carbocycles. The Kier molecular flexibility index (Phi) is 6.67. The smallest absolute Gasteiger partial charge is 0.0785 e. The van der Waals surface area contributed by atoms with Gasteiger partial charge in [0.15, 0.2) is 0 Å². The highest BCUT2D eigenvalue weighted by Gasteiger charge is 2.17. The molecule has 0 aromatic heterocycles. The molecule has 0 radical (unpaired) electrons. The first-order valence-electron chi connectivity index (χ1n) is 6.43. The van der Waals surface area contributed by atoms with Crippen LogP contribution in [-0.2, 0) is 14.2 Å². The van der Waals surface area contributed by atoms with E-state index in [9.17, 15) is 0 Å². The molecule has 104 valence electrons. The van der Waals surface area contributed by atoms with Crippen LogP contribution in [0.3, 0.4) is 0 Å². The number of rotatable bonds is 6. The van der Waals surface area contributed by atoms with E-state index in [1.807, 2.05) is 55.4 Å². The summed E-state index contributed by atoms with van der Waals surface area (Å²) in [7, 11) is 0. The molecule has 3 heteroatoms. The first-order valence-corrected chi connectivity index (χ1v) is 6.43. The summed E-state index contributed by atoms with van der Waals surface area (Å²) < 4.78 is 17.1. The second kappa shape index (κ2) is 6.72. The standard InChI is InChI=1S/C14H30O3/c1-11(9-15-13(3,4)5)17-12(2)10-16-14(6,7)8/h11-12H,9-10H2,1-8H3. The van der Waals surface area contributed by atoms with Crippen LogP contribution in [0.15, 0.2) is 0 Å². The molecule has 0 saturated carbocycles. The fourth-order valence-corrected chi connectivity index (χ4v) is 1.21. The van der Waals surface area contributed by atoms with E-state index >= 15 is 0 Å². The number of hydrogen-bond donors (Lipinski definition) is 0. The SMILES string of the molecule is CC(COC(C)(C)C)OC(C)COC(C)(C)C. The molecule has 17 heavy (non-hydrogen) atoms. The Morgan fingerprint density at radius 2 is 1.00 bits per heavy atom. The van der Waals surface area contributed by atoms with Crippen LogP contribution in [0.2, 0.25) is 0 Å². The fraction of sp³-hybridized carbons (Fsp3) is 1.00. The van der Waals surface area contributed by atoms with Crippen LogP contribution >= 0.6 is 0 Å². The van der Waals surface area contributed by atoms with E-state index in [2.05, 4.69) is 0 Å². The maximum Gasteiger partial charge on any atom is 0.0785 e. The molecular formula is C14H30O3. The van der Waals surface area contributed by atoms with Gasteiger partial charge >= 0.3 is 0 Å². The number of ether oxygens (including phenoxy) is 3. The monoisotopic (exact) mass is 246 g/mol. The fourth-order valence-electron chi connectivity index (χ4n) is 1.21. The summed E-state index contributed by atoms with van der Waals surface area (Å²) >= 11 is 0. The summed E-state index contributed by atoms with van der Waals surface area (Å²) in [5, 5.41) is 0. The molecular weight excluding hydrogens is 216 g/mol. The van der Waals surface area contributed by atoms with Crippen LogP contribution in [0.5, 0.6) is 0 Å². The van der Waals surface area contributed by atoms with Gasteiger partial charge in [-0.2, -0.15) is 0 Å². The van der Waals surface area contributed by atoms with E-state index in [0.29, 0.717) is 13.2 Å². The molecule has 0 fully saturated rings. The van der Waals surface area contributed by atoms with Crippen molar-refractivity contribution in [1.29, 1.82) is 0 Å². The van der Waals surface area contributed by atoms with E-state index in [1.165, 1.54) is 0 Å². The van der Waals surface area contributed by atoms with E-state index in [1.54, 1.807) is 0 Å². The van der Waals surface area contributed by atoms with Gasteiger partial charge in [-0.15, -0.1) is 0 Å². The second-order valence-corrected chi connectivity index (χ2v) is 6.60. The lowest BCUT2D eigenvalue weighted by Gasteiger charge is -2.26. The molecule has 0 spiro atoms. The summed E-state index contributed by atoms with van der Waals surface area (Å²) in [4.78, 5) is 0. The summed E-state index contributed by atoms with van der Waals surface area (Å²) in [6.07, 6.45) is 0.181. The van der Waals surface area contributed by atoms with Gasteiger partial charge in [0.1, 0.15) is 0 Å². The van der Waals surface area contributed by atoms with Crippen molar-refractivity contribution in [3.63, 3.8) is 0 Å². The average Bonchev–Trinajstić information content (AvgIpc) is 2.09. The Labute approximate surface area is 107 Å². The minimum atomic E-state index is -0.108. The molecule has 0 aliphatic rings. The van der Waals surface area contributed by atoms with Gasteiger partial charge in [-0.1, -0.05) is 0 Å². The topological polar surface area (TPSA) is 27.7 Å². The lowest BCUT2D eigenvalue weighted by atomic mass is 10.2. The lowest BCUT2D eigenvalue weighted by Crippen LogP contribution is -2.32. The maximum atomic E-state index is 5.79. The molecule has 0 amide bonds.